The molecule has 26 heavy (non-hydrogen) atoms. The van der Waals surface area contributed by atoms with Crippen molar-refractivity contribution in [1.82, 2.24) is 4.98 Å². The number of carbonyl (C=O) groups excluding carboxylic acids is 1. The molecule has 0 atom stereocenters. The number of rotatable bonds is 4. The fraction of sp³-hybridized carbons (Fsp3) is 0.200. The Kier molecular flexibility index (Phi) is 4.58. The number of aromatic nitrogens is 1. The van der Waals surface area contributed by atoms with Crippen molar-refractivity contribution in [2.24, 2.45) is 0 Å². The molecule has 1 aromatic carbocycles. The maximum atomic E-state index is 13.2. The lowest BCUT2D eigenvalue weighted by atomic mass is 10.2. The smallest absolute Gasteiger partial charge is 0.260 e. The van der Waals surface area contributed by atoms with Gasteiger partial charge >= 0.3 is 0 Å². The molecule has 4 rings (SSSR count). The number of fused-ring (bicyclic) bond motifs is 1. The maximum absolute atomic E-state index is 13.2. The van der Waals surface area contributed by atoms with Crippen LogP contribution in [-0.2, 0) is 6.54 Å². The van der Waals surface area contributed by atoms with Crippen molar-refractivity contribution in [2.45, 2.75) is 13.5 Å². The zero-order valence-electron chi connectivity index (χ0n) is 14.3. The summed E-state index contributed by atoms with van der Waals surface area (Å²) in [6, 6.07) is 13.3. The van der Waals surface area contributed by atoms with E-state index < -0.39 is 0 Å². The summed E-state index contributed by atoms with van der Waals surface area (Å²) in [7, 11) is 0. The molecule has 0 spiro atoms. The Morgan fingerprint density at radius 2 is 2.00 bits per heavy atom. The van der Waals surface area contributed by atoms with Crippen LogP contribution in [0.3, 0.4) is 0 Å². The average Bonchev–Trinajstić information content (AvgIpc) is 3.19. The van der Waals surface area contributed by atoms with Crippen LogP contribution in [-0.4, -0.2) is 24.1 Å². The van der Waals surface area contributed by atoms with Crippen LogP contribution in [0.5, 0.6) is 11.5 Å². The van der Waals surface area contributed by atoms with Crippen LogP contribution in [0.4, 0.5) is 5.69 Å². The van der Waals surface area contributed by atoms with E-state index in [1.807, 2.05) is 54.8 Å². The number of carbonyl (C=O) groups is 1. The summed E-state index contributed by atoms with van der Waals surface area (Å²) in [6.07, 6.45) is 1.62. The number of aryl methyl sites for hydroxylation is 1. The molecule has 0 N–H and O–H groups in total. The van der Waals surface area contributed by atoms with E-state index in [1.165, 1.54) is 0 Å². The van der Waals surface area contributed by atoms with Gasteiger partial charge in [-0.3, -0.25) is 9.78 Å². The van der Waals surface area contributed by atoms with Crippen molar-refractivity contribution >= 4 is 22.9 Å². The van der Waals surface area contributed by atoms with E-state index >= 15 is 0 Å². The Labute approximate surface area is 155 Å². The van der Waals surface area contributed by atoms with Crippen molar-refractivity contribution in [3.8, 4) is 11.5 Å². The van der Waals surface area contributed by atoms with E-state index in [1.54, 1.807) is 22.4 Å². The van der Waals surface area contributed by atoms with Crippen LogP contribution in [0.15, 0.2) is 54.0 Å². The number of amides is 1. The van der Waals surface area contributed by atoms with Crippen molar-refractivity contribution < 1.29 is 14.3 Å². The van der Waals surface area contributed by atoms with Crippen LogP contribution in [0, 0.1) is 6.92 Å². The molecule has 0 bridgehead atoms. The van der Waals surface area contributed by atoms with E-state index in [2.05, 4.69) is 4.98 Å². The fourth-order valence-corrected chi connectivity index (χ4v) is 3.48. The second-order valence-electron chi connectivity index (χ2n) is 5.99. The summed E-state index contributed by atoms with van der Waals surface area (Å²) < 4.78 is 11.3. The molecule has 2 aromatic heterocycles. The lowest BCUT2D eigenvalue weighted by molar-refractivity contribution is 0.0985. The first-order chi connectivity index (χ1) is 12.7. The van der Waals surface area contributed by atoms with Crippen molar-refractivity contribution in [1.29, 1.82) is 0 Å². The van der Waals surface area contributed by atoms with Gasteiger partial charge in [0.05, 0.1) is 12.1 Å². The van der Waals surface area contributed by atoms with Crippen LogP contribution < -0.4 is 14.4 Å². The predicted molar refractivity (Wildman–Crippen MR) is 101 cm³/mol. The summed E-state index contributed by atoms with van der Waals surface area (Å²) in [4.78, 5) is 20.3. The number of thiophene rings is 1. The minimum Gasteiger partial charge on any atom is -0.486 e. The Balaban J connectivity index is 1.70. The molecule has 0 fully saturated rings. The Morgan fingerprint density at radius 3 is 2.73 bits per heavy atom. The molecule has 6 heteroatoms. The third kappa shape index (κ3) is 3.41. The van der Waals surface area contributed by atoms with Crippen LogP contribution in [0.1, 0.15) is 20.9 Å². The first-order valence-corrected chi connectivity index (χ1v) is 9.25. The number of anilines is 1. The minimum absolute atomic E-state index is 0.0948. The Bertz CT molecular complexity index is 907. The second kappa shape index (κ2) is 7.17. The van der Waals surface area contributed by atoms with Crippen molar-refractivity contribution in [2.75, 3.05) is 18.1 Å². The molecule has 132 valence electrons. The summed E-state index contributed by atoms with van der Waals surface area (Å²) in [5, 5.41) is 2.01. The molecule has 0 saturated heterocycles. The molecular weight excluding hydrogens is 348 g/mol. The molecule has 5 nitrogen and oxygen atoms in total. The monoisotopic (exact) mass is 366 g/mol. The van der Waals surface area contributed by atoms with Gasteiger partial charge in [0.1, 0.15) is 13.2 Å². The normalized spacial score (nSPS) is 12.7. The van der Waals surface area contributed by atoms with Crippen LogP contribution >= 0.6 is 11.3 Å². The Morgan fingerprint density at radius 1 is 1.15 bits per heavy atom. The van der Waals surface area contributed by atoms with Gasteiger partial charge in [0.25, 0.3) is 5.91 Å². The first kappa shape index (κ1) is 16.6. The van der Waals surface area contributed by atoms with Crippen LogP contribution in [0.25, 0.3) is 0 Å². The molecular formula is C20H18N2O3S. The van der Waals surface area contributed by atoms with Gasteiger partial charge < -0.3 is 14.4 Å². The first-order valence-electron chi connectivity index (χ1n) is 8.37. The third-order valence-corrected chi connectivity index (χ3v) is 5.00. The molecule has 1 aliphatic rings. The average molecular weight is 366 g/mol. The lowest BCUT2D eigenvalue weighted by Crippen LogP contribution is -2.30. The molecule has 3 aromatic rings. The number of nitrogens with zero attached hydrogens (tertiary/aromatic N) is 2. The molecule has 1 aliphatic heterocycles. The number of ether oxygens (including phenoxy) is 2. The van der Waals surface area contributed by atoms with Gasteiger partial charge in [-0.05, 0) is 42.6 Å². The van der Waals surface area contributed by atoms with Gasteiger partial charge in [0.15, 0.2) is 11.5 Å². The van der Waals surface area contributed by atoms with Gasteiger partial charge in [-0.2, -0.15) is 0 Å². The third-order valence-electron chi connectivity index (χ3n) is 4.13. The molecule has 0 saturated carbocycles. The lowest BCUT2D eigenvalue weighted by Gasteiger charge is -2.25. The van der Waals surface area contributed by atoms with Gasteiger partial charge in [-0.1, -0.05) is 6.07 Å². The molecule has 0 unspecified atom stereocenters. The molecule has 0 radical (unpaired) electrons. The van der Waals surface area contributed by atoms with E-state index in [9.17, 15) is 4.79 Å². The fourth-order valence-electron chi connectivity index (χ4n) is 2.79. The highest BCUT2D eigenvalue weighted by atomic mass is 32.1. The van der Waals surface area contributed by atoms with E-state index in [0.29, 0.717) is 36.8 Å². The summed E-state index contributed by atoms with van der Waals surface area (Å²) in [5.74, 6) is 1.28. The maximum Gasteiger partial charge on any atom is 0.260 e. The van der Waals surface area contributed by atoms with E-state index in [0.717, 1.165) is 16.3 Å². The quantitative estimate of drug-likeness (QED) is 0.698. The number of benzene rings is 1. The Hall–Kier alpha value is -2.86. The predicted octanol–water partition coefficient (Wildman–Crippen LogP) is 4.07. The summed E-state index contributed by atoms with van der Waals surface area (Å²) in [6.45, 7) is 3.44. The van der Waals surface area contributed by atoms with Crippen molar-refractivity contribution in [3.63, 3.8) is 0 Å². The van der Waals surface area contributed by atoms with Gasteiger partial charge in [-0.15, -0.1) is 11.3 Å². The van der Waals surface area contributed by atoms with Crippen molar-refractivity contribution in [3.05, 3.63) is 70.2 Å². The summed E-state index contributed by atoms with van der Waals surface area (Å²) >= 11 is 1.62. The number of hydrogen-bond donors (Lipinski definition) is 0. The van der Waals surface area contributed by atoms with Crippen LogP contribution in [0.2, 0.25) is 0 Å². The largest absolute Gasteiger partial charge is 0.486 e. The molecule has 3 heterocycles. The zero-order valence-corrected chi connectivity index (χ0v) is 15.2. The van der Waals surface area contributed by atoms with E-state index in [-0.39, 0.29) is 5.91 Å². The van der Waals surface area contributed by atoms with E-state index in [4.69, 9.17) is 9.47 Å². The summed E-state index contributed by atoms with van der Waals surface area (Å²) in [5.41, 5.74) is 2.21. The van der Waals surface area contributed by atoms with Gasteiger partial charge in [0.2, 0.25) is 0 Å². The number of pyridine rings is 1. The minimum atomic E-state index is -0.0948. The molecule has 0 aliphatic carbocycles. The van der Waals surface area contributed by atoms with Gasteiger partial charge in [-0.25, -0.2) is 0 Å². The SMILES string of the molecule is Cc1ccc(C(=O)N(Cc2cccs2)c2ccc3c(c2)OCCO3)cn1. The second-order valence-corrected chi connectivity index (χ2v) is 7.02. The topological polar surface area (TPSA) is 51.7 Å². The highest BCUT2D eigenvalue weighted by Crippen LogP contribution is 2.35. The standard InChI is InChI=1S/C20H18N2O3S/c1-14-4-5-15(12-21-14)20(23)22(13-17-3-2-10-26-17)16-6-7-18-19(11-16)25-9-8-24-18/h2-7,10-12H,8-9,13H2,1H3. The highest BCUT2D eigenvalue weighted by molar-refractivity contribution is 7.09. The highest BCUT2D eigenvalue weighted by Gasteiger charge is 2.21. The van der Waals surface area contributed by atoms with Gasteiger partial charge in [0, 0.05) is 28.5 Å². The molecule has 1 amide bonds. The zero-order chi connectivity index (χ0) is 17.9. The number of hydrogen-bond acceptors (Lipinski definition) is 5.